The lowest BCUT2D eigenvalue weighted by Gasteiger charge is -2.24. The molecule has 0 saturated carbocycles. The van der Waals surface area contributed by atoms with E-state index in [0.29, 0.717) is 25.1 Å². The fourth-order valence-electron chi connectivity index (χ4n) is 3.67. The van der Waals surface area contributed by atoms with Gasteiger partial charge in [0.1, 0.15) is 5.75 Å². The van der Waals surface area contributed by atoms with Crippen LogP contribution >= 0.6 is 12.2 Å². The zero-order valence-electron chi connectivity index (χ0n) is 23.9. The van der Waals surface area contributed by atoms with Crippen LogP contribution in [0, 0.1) is 19.3 Å². The van der Waals surface area contributed by atoms with Crippen molar-refractivity contribution in [3.8, 4) is 17.6 Å². The number of thiocarbonyl (C=S) groups is 1. The molecule has 1 heterocycles. The van der Waals surface area contributed by atoms with Gasteiger partial charge in [-0.25, -0.2) is 8.42 Å². The van der Waals surface area contributed by atoms with Crippen molar-refractivity contribution in [2.45, 2.75) is 45.4 Å². The van der Waals surface area contributed by atoms with Gasteiger partial charge in [0.15, 0.2) is 10.9 Å². The molecule has 0 bridgehead atoms. The topological polar surface area (TPSA) is 141 Å². The molecular formula is C28H35N5O6S2. The number of hydrogen-bond acceptors (Lipinski definition) is 9. The first kappa shape index (κ1) is 31.6. The normalized spacial score (nSPS) is 11.4. The summed E-state index contributed by atoms with van der Waals surface area (Å²) < 4.78 is 44.0. The molecule has 0 aliphatic carbocycles. The van der Waals surface area contributed by atoms with Crippen LogP contribution in [0.1, 0.15) is 37.8 Å². The number of methoxy groups -OCH3 is 2. The summed E-state index contributed by atoms with van der Waals surface area (Å²) in [5.41, 5.74) is 2.01. The van der Waals surface area contributed by atoms with E-state index in [4.69, 9.17) is 26.4 Å². The van der Waals surface area contributed by atoms with Gasteiger partial charge in [-0.15, -0.1) is 0 Å². The number of rotatable bonds is 12. The van der Waals surface area contributed by atoms with E-state index in [0.717, 1.165) is 16.9 Å². The maximum Gasteiger partial charge on any atom is 0.321 e. The Morgan fingerprint density at radius 2 is 1.71 bits per heavy atom. The number of nitrogens with zero attached hydrogens (tertiary/aromatic N) is 2. The van der Waals surface area contributed by atoms with Gasteiger partial charge >= 0.3 is 6.01 Å². The van der Waals surface area contributed by atoms with E-state index in [2.05, 4.69) is 25.3 Å². The lowest BCUT2D eigenvalue weighted by atomic mass is 9.87. The quantitative estimate of drug-likeness (QED) is 0.199. The average Bonchev–Trinajstić information content (AvgIpc) is 2.92. The second-order valence-corrected chi connectivity index (χ2v) is 12.0. The highest BCUT2D eigenvalue weighted by Crippen LogP contribution is 2.25. The summed E-state index contributed by atoms with van der Waals surface area (Å²) in [4.78, 5) is 20.8. The summed E-state index contributed by atoms with van der Waals surface area (Å²) in [6.45, 7) is 8.20. The number of anilines is 2. The Morgan fingerprint density at radius 3 is 2.37 bits per heavy atom. The minimum Gasteiger partial charge on any atom is -0.493 e. The number of benzene rings is 2. The van der Waals surface area contributed by atoms with E-state index < -0.39 is 15.4 Å². The van der Waals surface area contributed by atoms with Crippen molar-refractivity contribution in [1.29, 1.82) is 0 Å². The van der Waals surface area contributed by atoms with Crippen LogP contribution in [0.3, 0.4) is 0 Å². The first-order chi connectivity index (χ1) is 19.3. The Labute approximate surface area is 246 Å². The number of amides is 1. The van der Waals surface area contributed by atoms with E-state index in [-0.39, 0.29) is 33.6 Å². The first-order valence-corrected chi connectivity index (χ1v) is 14.6. The second-order valence-electron chi connectivity index (χ2n) is 9.93. The van der Waals surface area contributed by atoms with Crippen molar-refractivity contribution in [2.24, 2.45) is 5.41 Å². The lowest BCUT2D eigenvalue weighted by molar-refractivity contribution is -0.128. The monoisotopic (exact) mass is 601 g/mol. The molecular weight excluding hydrogens is 566 g/mol. The van der Waals surface area contributed by atoms with Crippen molar-refractivity contribution in [3.05, 3.63) is 59.7 Å². The van der Waals surface area contributed by atoms with Crippen molar-refractivity contribution in [3.63, 3.8) is 0 Å². The van der Waals surface area contributed by atoms with Gasteiger partial charge in [0.25, 0.3) is 10.0 Å². The Balaban J connectivity index is 1.52. The van der Waals surface area contributed by atoms with Crippen molar-refractivity contribution in [2.75, 3.05) is 30.9 Å². The molecule has 3 aromatic rings. The molecule has 13 heteroatoms. The second kappa shape index (κ2) is 13.6. The van der Waals surface area contributed by atoms with E-state index in [1.165, 1.54) is 44.6 Å². The minimum absolute atomic E-state index is 0.0146. The van der Waals surface area contributed by atoms with Crippen LogP contribution < -0.4 is 29.6 Å². The molecule has 2 aromatic carbocycles. The van der Waals surface area contributed by atoms with Crippen molar-refractivity contribution in [1.82, 2.24) is 15.3 Å². The molecule has 0 radical (unpaired) electrons. The molecule has 0 fully saturated rings. The third kappa shape index (κ3) is 9.02. The van der Waals surface area contributed by atoms with Gasteiger partial charge in [-0.3, -0.25) is 9.52 Å². The average molecular weight is 602 g/mol. The maximum absolute atomic E-state index is 12.9. The predicted molar refractivity (Wildman–Crippen MR) is 161 cm³/mol. The Morgan fingerprint density at radius 1 is 1.00 bits per heavy atom. The molecule has 11 nitrogen and oxygen atoms in total. The number of carbonyl (C=O) groups excluding carboxylic acids is 1. The highest BCUT2D eigenvalue weighted by Gasteiger charge is 2.28. The summed E-state index contributed by atoms with van der Waals surface area (Å²) in [6, 6.07) is 13.2. The van der Waals surface area contributed by atoms with Gasteiger partial charge in [0, 0.05) is 17.2 Å². The number of sulfonamides is 1. The number of hydrogen-bond donors (Lipinski definition) is 3. The van der Waals surface area contributed by atoms with Gasteiger partial charge in [-0.05, 0) is 80.4 Å². The summed E-state index contributed by atoms with van der Waals surface area (Å²) in [5, 5.41) is 5.73. The number of aryl methyl sites for hydroxylation is 2. The number of ether oxygens (including phenoxy) is 3. The van der Waals surface area contributed by atoms with Crippen LogP contribution in [0.25, 0.3) is 0 Å². The van der Waals surface area contributed by atoms with Gasteiger partial charge in [0.05, 0.1) is 25.7 Å². The van der Waals surface area contributed by atoms with Crippen LogP contribution in [0.5, 0.6) is 17.6 Å². The zero-order valence-corrected chi connectivity index (χ0v) is 25.5. The van der Waals surface area contributed by atoms with Gasteiger partial charge in [0.2, 0.25) is 11.8 Å². The molecule has 220 valence electrons. The molecule has 3 rings (SSSR count). The molecule has 0 spiro atoms. The van der Waals surface area contributed by atoms with Crippen LogP contribution in [0.4, 0.5) is 11.5 Å². The minimum atomic E-state index is -3.97. The molecule has 3 N–H and O–H groups in total. The summed E-state index contributed by atoms with van der Waals surface area (Å²) in [6.07, 6.45) is 1.28. The lowest BCUT2D eigenvalue weighted by Crippen LogP contribution is -2.42. The summed E-state index contributed by atoms with van der Waals surface area (Å²) >= 11 is 5.31. The fraction of sp³-hybridized carbons (Fsp3) is 0.357. The third-order valence-corrected chi connectivity index (χ3v) is 7.70. The van der Waals surface area contributed by atoms with Gasteiger partial charge in [-0.2, -0.15) is 9.97 Å². The van der Waals surface area contributed by atoms with Crippen molar-refractivity contribution >= 4 is 44.8 Å². The third-order valence-electron chi connectivity index (χ3n) is 6.12. The molecule has 0 unspecified atom stereocenters. The van der Waals surface area contributed by atoms with Crippen LogP contribution in [-0.4, -0.2) is 50.2 Å². The summed E-state index contributed by atoms with van der Waals surface area (Å²) in [5.74, 6) is 0.736. The molecule has 1 aromatic heterocycles. The highest BCUT2D eigenvalue weighted by molar-refractivity contribution is 7.92. The maximum atomic E-state index is 12.9. The Hall–Kier alpha value is -3.97. The number of aromatic nitrogens is 2. The van der Waals surface area contributed by atoms with Gasteiger partial charge in [-0.1, -0.05) is 26.0 Å². The van der Waals surface area contributed by atoms with Crippen molar-refractivity contribution < 1.29 is 27.4 Å². The summed E-state index contributed by atoms with van der Waals surface area (Å²) in [7, 11) is -1.22. The first-order valence-electron chi connectivity index (χ1n) is 12.8. The van der Waals surface area contributed by atoms with Gasteiger partial charge < -0.3 is 24.8 Å². The van der Waals surface area contributed by atoms with E-state index in [1.54, 1.807) is 0 Å². The fourth-order valence-corrected chi connectivity index (χ4v) is 4.88. The molecule has 0 atom stereocenters. The van der Waals surface area contributed by atoms with E-state index in [1.807, 2.05) is 45.9 Å². The Kier molecular flexibility index (Phi) is 10.5. The van der Waals surface area contributed by atoms with Crippen LogP contribution in [0.15, 0.2) is 53.4 Å². The molecule has 0 saturated heterocycles. The Bertz CT molecular complexity index is 1470. The SMILES string of the molecule is COc1cc(NS(=O)(=O)c2ccc(NC(=S)NC(=O)C(C)(C)CCCOc3cc(C)ccc3C)cc2)nc(OC)n1. The molecule has 41 heavy (non-hydrogen) atoms. The van der Waals surface area contributed by atoms with E-state index in [9.17, 15) is 13.2 Å². The van der Waals surface area contributed by atoms with Crippen LogP contribution in [0.2, 0.25) is 0 Å². The smallest absolute Gasteiger partial charge is 0.321 e. The number of carbonyl (C=O) groups is 1. The van der Waals surface area contributed by atoms with Crippen LogP contribution in [-0.2, 0) is 14.8 Å². The van der Waals surface area contributed by atoms with E-state index >= 15 is 0 Å². The molecule has 1 amide bonds. The predicted octanol–water partition coefficient (Wildman–Crippen LogP) is 4.61. The standard InChI is InChI=1S/C28H35N5O6S2/c1-18-8-9-19(2)22(16-18)39-15-7-14-28(3,4)25(34)32-27(40)29-20-10-12-21(13-11-20)41(35,36)33-23-17-24(37-5)31-26(30-23)38-6/h8-13,16-17H,7,14-15H2,1-6H3,(H,30,31,33)(H2,29,32,34,40). The number of nitrogens with one attached hydrogen (secondary N) is 3. The molecule has 0 aliphatic heterocycles. The highest BCUT2D eigenvalue weighted by atomic mass is 32.2. The molecule has 0 aliphatic rings. The zero-order chi connectivity index (χ0) is 30.2. The largest absolute Gasteiger partial charge is 0.493 e.